The third-order valence-corrected chi connectivity index (χ3v) is 4.47. The Balaban J connectivity index is 2.14. The topological polar surface area (TPSA) is 29.0 Å². The van der Waals surface area contributed by atoms with Crippen molar-refractivity contribution in [2.45, 2.75) is 6.54 Å². The predicted molar refractivity (Wildman–Crippen MR) is 78.9 cm³/mol. The minimum atomic E-state index is 0.864. The molecular formula is C10H9BrIN3S. The van der Waals surface area contributed by atoms with Crippen LogP contribution in [-0.4, -0.2) is 17.0 Å². The zero-order valence-electron chi connectivity index (χ0n) is 8.52. The molecule has 16 heavy (non-hydrogen) atoms. The number of halogens is 2. The number of aromatic nitrogens is 2. The SMILES string of the molecule is CN(Cc1cc(Br)cs1)c1ncncc1I. The normalized spacial score (nSPS) is 10.4. The number of rotatable bonds is 3. The lowest BCUT2D eigenvalue weighted by Gasteiger charge is -2.17. The molecule has 0 saturated heterocycles. The van der Waals surface area contributed by atoms with Gasteiger partial charge in [-0.05, 0) is 44.6 Å². The van der Waals surface area contributed by atoms with Gasteiger partial charge in [0, 0.05) is 28.0 Å². The Hall–Kier alpha value is -0.210. The van der Waals surface area contributed by atoms with Gasteiger partial charge >= 0.3 is 0 Å². The van der Waals surface area contributed by atoms with E-state index in [1.807, 2.05) is 13.2 Å². The van der Waals surface area contributed by atoms with Crippen molar-refractivity contribution < 1.29 is 0 Å². The first-order valence-electron chi connectivity index (χ1n) is 4.56. The Morgan fingerprint density at radius 1 is 1.56 bits per heavy atom. The number of anilines is 1. The Morgan fingerprint density at radius 3 is 3.00 bits per heavy atom. The summed E-state index contributed by atoms with van der Waals surface area (Å²) >= 11 is 7.45. The standard InChI is InChI=1S/C10H9BrIN3S/c1-15(4-8-2-7(11)5-16-8)10-9(12)3-13-6-14-10/h2-3,5-6H,4H2,1H3. The highest BCUT2D eigenvalue weighted by Gasteiger charge is 2.08. The molecule has 0 aliphatic rings. The third-order valence-electron chi connectivity index (χ3n) is 2.02. The molecule has 0 aromatic carbocycles. The van der Waals surface area contributed by atoms with Gasteiger partial charge in [0.25, 0.3) is 0 Å². The number of hydrogen-bond acceptors (Lipinski definition) is 4. The molecule has 6 heteroatoms. The summed E-state index contributed by atoms with van der Waals surface area (Å²) in [6.07, 6.45) is 3.40. The molecule has 2 heterocycles. The zero-order valence-corrected chi connectivity index (χ0v) is 13.1. The average Bonchev–Trinajstić information content (AvgIpc) is 2.64. The monoisotopic (exact) mass is 409 g/mol. The molecule has 0 spiro atoms. The van der Waals surface area contributed by atoms with Gasteiger partial charge in [-0.3, -0.25) is 0 Å². The van der Waals surface area contributed by atoms with Crippen LogP contribution in [0.2, 0.25) is 0 Å². The molecule has 0 N–H and O–H groups in total. The quantitative estimate of drug-likeness (QED) is 0.726. The highest BCUT2D eigenvalue weighted by Crippen LogP contribution is 2.24. The van der Waals surface area contributed by atoms with E-state index < -0.39 is 0 Å². The fourth-order valence-electron chi connectivity index (χ4n) is 1.33. The van der Waals surface area contributed by atoms with Crippen LogP contribution < -0.4 is 4.90 Å². The van der Waals surface area contributed by atoms with Crippen LogP contribution in [0.1, 0.15) is 4.88 Å². The van der Waals surface area contributed by atoms with Crippen LogP contribution in [0.4, 0.5) is 5.82 Å². The van der Waals surface area contributed by atoms with E-state index in [1.54, 1.807) is 17.7 Å². The molecular weight excluding hydrogens is 401 g/mol. The lowest BCUT2D eigenvalue weighted by Crippen LogP contribution is -2.18. The molecule has 0 amide bonds. The van der Waals surface area contributed by atoms with Crippen LogP contribution in [0.5, 0.6) is 0 Å². The van der Waals surface area contributed by atoms with Gasteiger partial charge in [-0.1, -0.05) is 0 Å². The Kier molecular flexibility index (Phi) is 4.15. The maximum atomic E-state index is 4.28. The molecule has 0 bridgehead atoms. The van der Waals surface area contributed by atoms with Crippen molar-refractivity contribution in [3.05, 3.63) is 36.9 Å². The lowest BCUT2D eigenvalue weighted by atomic mass is 10.4. The summed E-state index contributed by atoms with van der Waals surface area (Å²) in [5.41, 5.74) is 0. The van der Waals surface area contributed by atoms with Crippen molar-refractivity contribution in [1.29, 1.82) is 0 Å². The molecule has 0 aliphatic carbocycles. The second kappa shape index (κ2) is 5.42. The van der Waals surface area contributed by atoms with Crippen LogP contribution in [0, 0.1) is 3.57 Å². The van der Waals surface area contributed by atoms with Gasteiger partial charge in [0.05, 0.1) is 10.1 Å². The number of nitrogens with zero attached hydrogens (tertiary/aromatic N) is 3. The van der Waals surface area contributed by atoms with E-state index in [0.717, 1.165) is 20.4 Å². The van der Waals surface area contributed by atoms with Gasteiger partial charge in [-0.2, -0.15) is 0 Å². The molecule has 0 aliphatic heterocycles. The van der Waals surface area contributed by atoms with E-state index in [4.69, 9.17) is 0 Å². The van der Waals surface area contributed by atoms with E-state index in [0.29, 0.717) is 0 Å². The Bertz CT molecular complexity index is 488. The van der Waals surface area contributed by atoms with Crippen LogP contribution in [0.15, 0.2) is 28.4 Å². The summed E-state index contributed by atoms with van der Waals surface area (Å²) in [5, 5.41) is 2.09. The van der Waals surface area contributed by atoms with E-state index in [-0.39, 0.29) is 0 Å². The molecule has 2 aromatic heterocycles. The minimum Gasteiger partial charge on any atom is -0.354 e. The fraction of sp³-hybridized carbons (Fsp3) is 0.200. The van der Waals surface area contributed by atoms with Crippen molar-refractivity contribution >= 4 is 55.7 Å². The first-order chi connectivity index (χ1) is 7.66. The van der Waals surface area contributed by atoms with Gasteiger partial charge in [0.1, 0.15) is 12.1 Å². The Morgan fingerprint density at radius 2 is 2.38 bits per heavy atom. The van der Waals surface area contributed by atoms with Crippen molar-refractivity contribution in [3.8, 4) is 0 Å². The molecule has 0 unspecified atom stereocenters. The average molecular weight is 410 g/mol. The molecule has 0 saturated carbocycles. The third kappa shape index (κ3) is 2.92. The predicted octanol–water partition coefficient (Wildman–Crippen LogP) is 3.54. The summed E-state index contributed by atoms with van der Waals surface area (Å²) in [6.45, 7) is 0.864. The summed E-state index contributed by atoms with van der Waals surface area (Å²) in [6, 6.07) is 2.13. The summed E-state index contributed by atoms with van der Waals surface area (Å²) in [7, 11) is 2.04. The van der Waals surface area contributed by atoms with Crippen molar-refractivity contribution in [1.82, 2.24) is 9.97 Å². The van der Waals surface area contributed by atoms with E-state index in [9.17, 15) is 0 Å². The minimum absolute atomic E-state index is 0.864. The van der Waals surface area contributed by atoms with Gasteiger partial charge in [-0.25, -0.2) is 9.97 Å². The fourth-order valence-corrected chi connectivity index (χ4v) is 3.55. The number of hydrogen-bond donors (Lipinski definition) is 0. The van der Waals surface area contributed by atoms with E-state index in [2.05, 4.69) is 64.8 Å². The molecule has 84 valence electrons. The van der Waals surface area contributed by atoms with E-state index in [1.165, 1.54) is 4.88 Å². The van der Waals surface area contributed by atoms with Crippen molar-refractivity contribution in [2.75, 3.05) is 11.9 Å². The highest BCUT2D eigenvalue weighted by molar-refractivity contribution is 14.1. The second-order valence-corrected chi connectivity index (χ2v) is 6.36. The first-order valence-corrected chi connectivity index (χ1v) is 7.31. The van der Waals surface area contributed by atoms with Crippen LogP contribution in [-0.2, 0) is 6.54 Å². The summed E-state index contributed by atoms with van der Waals surface area (Å²) in [4.78, 5) is 11.7. The van der Waals surface area contributed by atoms with Gasteiger partial charge < -0.3 is 4.90 Å². The smallest absolute Gasteiger partial charge is 0.145 e. The summed E-state index contributed by atoms with van der Waals surface area (Å²) < 4.78 is 2.21. The molecule has 2 rings (SSSR count). The Labute approximate surface area is 120 Å². The van der Waals surface area contributed by atoms with Gasteiger partial charge in [-0.15, -0.1) is 11.3 Å². The van der Waals surface area contributed by atoms with Gasteiger partial charge in [0.2, 0.25) is 0 Å². The van der Waals surface area contributed by atoms with Gasteiger partial charge in [0.15, 0.2) is 0 Å². The summed E-state index contributed by atoms with van der Waals surface area (Å²) in [5.74, 6) is 0.972. The molecule has 0 atom stereocenters. The molecule has 0 radical (unpaired) electrons. The first kappa shape index (κ1) is 12.3. The van der Waals surface area contributed by atoms with Crippen molar-refractivity contribution in [3.63, 3.8) is 0 Å². The molecule has 0 fully saturated rings. The van der Waals surface area contributed by atoms with Crippen LogP contribution >= 0.6 is 49.9 Å². The molecule has 2 aromatic rings. The highest BCUT2D eigenvalue weighted by atomic mass is 127. The van der Waals surface area contributed by atoms with Crippen LogP contribution in [0.25, 0.3) is 0 Å². The largest absolute Gasteiger partial charge is 0.354 e. The molecule has 3 nitrogen and oxygen atoms in total. The van der Waals surface area contributed by atoms with E-state index >= 15 is 0 Å². The van der Waals surface area contributed by atoms with Crippen LogP contribution in [0.3, 0.4) is 0 Å². The second-order valence-electron chi connectivity index (χ2n) is 3.28. The number of thiophene rings is 1. The van der Waals surface area contributed by atoms with Crippen molar-refractivity contribution in [2.24, 2.45) is 0 Å². The zero-order chi connectivity index (χ0) is 11.5. The maximum Gasteiger partial charge on any atom is 0.145 e. The maximum absolute atomic E-state index is 4.28. The lowest BCUT2D eigenvalue weighted by molar-refractivity contribution is 0.898.